The van der Waals surface area contributed by atoms with Crippen LogP contribution in [0.25, 0.3) is 0 Å². The van der Waals surface area contributed by atoms with Gasteiger partial charge in [-0.2, -0.15) is 0 Å². The zero-order valence-electron chi connectivity index (χ0n) is 15.5. The van der Waals surface area contributed by atoms with Crippen molar-refractivity contribution in [3.05, 3.63) is 81.3 Å². The molecule has 1 aromatic heterocycles. The zero-order chi connectivity index (χ0) is 20.3. The smallest absolute Gasteiger partial charge is 0.263 e. The van der Waals surface area contributed by atoms with Crippen LogP contribution in [0.4, 0.5) is 0 Å². The number of thiazole rings is 1. The lowest BCUT2D eigenvalue weighted by Gasteiger charge is -2.14. The topological polar surface area (TPSA) is 102 Å². The molecule has 0 aliphatic rings. The van der Waals surface area contributed by atoms with Crippen LogP contribution in [-0.2, 0) is 16.4 Å². The van der Waals surface area contributed by atoms with Crippen LogP contribution in [-0.4, -0.2) is 19.3 Å². The average Bonchev–Trinajstić information content (AvgIpc) is 3.02. The van der Waals surface area contributed by atoms with Crippen LogP contribution < -0.4 is 10.5 Å². The van der Waals surface area contributed by atoms with Crippen molar-refractivity contribution in [3.63, 3.8) is 0 Å². The Morgan fingerprint density at radius 1 is 1.14 bits per heavy atom. The second kappa shape index (κ2) is 8.22. The number of rotatable bonds is 6. The molecular formula is C20H21N3O3S2. The van der Waals surface area contributed by atoms with E-state index in [1.807, 2.05) is 44.2 Å². The average molecular weight is 416 g/mol. The number of sulfonamides is 1. The first kappa shape index (κ1) is 20.2. The third-order valence-corrected chi connectivity index (χ3v) is 6.39. The predicted octanol–water partition coefficient (Wildman–Crippen LogP) is 3.18. The fraction of sp³-hybridized carbons (Fsp3) is 0.200. The number of benzene rings is 2. The number of nitrogens with zero attached hydrogens (tertiary/aromatic N) is 1. The molecule has 1 unspecified atom stereocenters. The summed E-state index contributed by atoms with van der Waals surface area (Å²) in [6, 6.07) is 15.8. The molecule has 0 bridgehead atoms. The maximum Gasteiger partial charge on any atom is 0.263 e. The van der Waals surface area contributed by atoms with E-state index in [0.717, 1.165) is 16.1 Å². The number of aryl methyl sites for hydroxylation is 1. The molecule has 1 amide bonds. The molecule has 28 heavy (non-hydrogen) atoms. The molecule has 3 aromatic rings. The summed E-state index contributed by atoms with van der Waals surface area (Å²) in [6.07, 6.45) is 0.685. The minimum Gasteiger partial charge on any atom is -0.345 e. The van der Waals surface area contributed by atoms with Gasteiger partial charge in [-0.05, 0) is 37.1 Å². The van der Waals surface area contributed by atoms with Crippen molar-refractivity contribution in [2.45, 2.75) is 31.2 Å². The molecule has 146 valence electrons. The van der Waals surface area contributed by atoms with Crippen LogP contribution in [0.3, 0.4) is 0 Å². The second-order valence-electron chi connectivity index (χ2n) is 6.49. The third kappa shape index (κ3) is 4.83. The minimum absolute atomic E-state index is 0.0404. The Balaban J connectivity index is 1.70. The fourth-order valence-corrected chi connectivity index (χ4v) is 4.32. The number of hydrogen-bond acceptors (Lipinski definition) is 5. The largest absolute Gasteiger partial charge is 0.345 e. The molecule has 1 heterocycles. The summed E-state index contributed by atoms with van der Waals surface area (Å²) in [6.45, 7) is 3.66. The number of hydrogen-bond donors (Lipinski definition) is 2. The minimum atomic E-state index is -3.73. The number of primary sulfonamides is 1. The van der Waals surface area contributed by atoms with Gasteiger partial charge < -0.3 is 5.32 Å². The van der Waals surface area contributed by atoms with Gasteiger partial charge in [-0.15, -0.1) is 11.3 Å². The van der Waals surface area contributed by atoms with Crippen LogP contribution >= 0.6 is 11.3 Å². The molecular weight excluding hydrogens is 394 g/mol. The third-order valence-electron chi connectivity index (χ3n) is 4.30. The van der Waals surface area contributed by atoms with E-state index in [1.54, 1.807) is 12.1 Å². The number of nitrogens with two attached hydrogens (primary N) is 1. The molecule has 0 saturated heterocycles. The standard InChI is InChI=1S/C20H21N3O3S2/c1-13(16-8-10-17(11-9-16)28(21,25)26)23-20(24)19-14(2)22-18(27-19)12-15-6-4-3-5-7-15/h3-11,13H,12H2,1-2H3,(H,23,24)(H2,21,25,26). The highest BCUT2D eigenvalue weighted by Gasteiger charge is 2.18. The van der Waals surface area contributed by atoms with Gasteiger partial charge in [-0.25, -0.2) is 18.5 Å². The fourth-order valence-electron chi connectivity index (χ4n) is 2.80. The summed E-state index contributed by atoms with van der Waals surface area (Å²) >= 11 is 1.39. The lowest BCUT2D eigenvalue weighted by molar-refractivity contribution is 0.0943. The molecule has 1 atom stereocenters. The first-order valence-electron chi connectivity index (χ1n) is 8.68. The normalized spacial score (nSPS) is 12.5. The Morgan fingerprint density at radius 2 is 1.79 bits per heavy atom. The molecule has 8 heteroatoms. The van der Waals surface area contributed by atoms with Crippen molar-refractivity contribution in [1.82, 2.24) is 10.3 Å². The maximum atomic E-state index is 12.7. The van der Waals surface area contributed by atoms with E-state index in [2.05, 4.69) is 10.3 Å². The first-order valence-corrected chi connectivity index (χ1v) is 11.0. The maximum absolute atomic E-state index is 12.7. The van der Waals surface area contributed by atoms with E-state index in [0.29, 0.717) is 17.0 Å². The molecule has 0 aliphatic heterocycles. The summed E-state index contributed by atoms with van der Waals surface area (Å²) in [5.41, 5.74) is 2.63. The van der Waals surface area contributed by atoms with E-state index in [1.165, 1.54) is 23.5 Å². The second-order valence-corrected chi connectivity index (χ2v) is 9.14. The highest BCUT2D eigenvalue weighted by atomic mass is 32.2. The number of aromatic nitrogens is 1. The molecule has 0 fully saturated rings. The SMILES string of the molecule is Cc1nc(Cc2ccccc2)sc1C(=O)NC(C)c1ccc(S(N)(=O)=O)cc1. The van der Waals surface area contributed by atoms with Crippen molar-refractivity contribution in [1.29, 1.82) is 0 Å². The van der Waals surface area contributed by atoms with Gasteiger partial charge in [0.15, 0.2) is 0 Å². The van der Waals surface area contributed by atoms with Crippen molar-refractivity contribution < 1.29 is 13.2 Å². The monoisotopic (exact) mass is 415 g/mol. The van der Waals surface area contributed by atoms with Gasteiger partial charge in [0.25, 0.3) is 5.91 Å². The summed E-state index contributed by atoms with van der Waals surface area (Å²) < 4.78 is 22.7. The molecule has 3 rings (SSSR count). The lowest BCUT2D eigenvalue weighted by atomic mass is 10.1. The Labute approximate surface area is 168 Å². The quantitative estimate of drug-likeness (QED) is 0.645. The Morgan fingerprint density at radius 3 is 2.39 bits per heavy atom. The van der Waals surface area contributed by atoms with Crippen molar-refractivity contribution in [2.75, 3.05) is 0 Å². The van der Waals surface area contributed by atoms with E-state index >= 15 is 0 Å². The molecule has 0 radical (unpaired) electrons. The van der Waals surface area contributed by atoms with Gasteiger partial charge in [0.1, 0.15) is 4.88 Å². The van der Waals surface area contributed by atoms with E-state index < -0.39 is 10.0 Å². The zero-order valence-corrected chi connectivity index (χ0v) is 17.2. The molecule has 0 saturated carbocycles. The van der Waals surface area contributed by atoms with E-state index in [-0.39, 0.29) is 16.8 Å². The van der Waals surface area contributed by atoms with Gasteiger partial charge >= 0.3 is 0 Å². The molecule has 3 N–H and O–H groups in total. The molecule has 6 nitrogen and oxygen atoms in total. The summed E-state index contributed by atoms with van der Waals surface area (Å²) in [5, 5.41) is 8.94. The van der Waals surface area contributed by atoms with Crippen molar-refractivity contribution in [2.24, 2.45) is 5.14 Å². The van der Waals surface area contributed by atoms with Crippen LogP contribution in [0, 0.1) is 6.92 Å². The Kier molecular flexibility index (Phi) is 5.93. The number of nitrogens with one attached hydrogen (secondary N) is 1. The Bertz CT molecular complexity index is 1080. The van der Waals surface area contributed by atoms with Crippen molar-refractivity contribution in [3.8, 4) is 0 Å². The van der Waals surface area contributed by atoms with Gasteiger partial charge in [-0.1, -0.05) is 42.5 Å². The van der Waals surface area contributed by atoms with Crippen LogP contribution in [0.2, 0.25) is 0 Å². The number of amides is 1. The summed E-state index contributed by atoms with van der Waals surface area (Å²) in [7, 11) is -3.73. The van der Waals surface area contributed by atoms with Crippen LogP contribution in [0.15, 0.2) is 59.5 Å². The summed E-state index contributed by atoms with van der Waals surface area (Å²) in [5.74, 6) is -0.197. The van der Waals surface area contributed by atoms with Gasteiger partial charge in [-0.3, -0.25) is 4.79 Å². The molecule has 0 aliphatic carbocycles. The van der Waals surface area contributed by atoms with Crippen LogP contribution in [0.1, 0.15) is 44.5 Å². The Hall–Kier alpha value is -2.55. The first-order chi connectivity index (χ1) is 13.2. The molecule has 2 aromatic carbocycles. The molecule has 0 spiro atoms. The van der Waals surface area contributed by atoms with Gasteiger partial charge in [0, 0.05) is 6.42 Å². The van der Waals surface area contributed by atoms with Crippen LogP contribution in [0.5, 0.6) is 0 Å². The highest BCUT2D eigenvalue weighted by molar-refractivity contribution is 7.89. The van der Waals surface area contributed by atoms with E-state index in [9.17, 15) is 13.2 Å². The van der Waals surface area contributed by atoms with Gasteiger partial charge in [0.05, 0.1) is 21.6 Å². The van der Waals surface area contributed by atoms with Crippen molar-refractivity contribution >= 4 is 27.3 Å². The summed E-state index contributed by atoms with van der Waals surface area (Å²) in [4.78, 5) is 17.8. The number of carbonyl (C=O) groups excluding carboxylic acids is 1. The van der Waals surface area contributed by atoms with E-state index in [4.69, 9.17) is 5.14 Å². The van der Waals surface area contributed by atoms with Gasteiger partial charge in [0.2, 0.25) is 10.0 Å². The number of carbonyl (C=O) groups is 1. The predicted molar refractivity (Wildman–Crippen MR) is 110 cm³/mol. The lowest BCUT2D eigenvalue weighted by Crippen LogP contribution is -2.26. The highest BCUT2D eigenvalue weighted by Crippen LogP contribution is 2.22.